The van der Waals surface area contributed by atoms with Gasteiger partial charge in [0.15, 0.2) is 16.8 Å². The first kappa shape index (κ1) is 14.3. The molecule has 0 amide bonds. The first-order chi connectivity index (χ1) is 7.65. The van der Waals surface area contributed by atoms with Crippen molar-refractivity contribution in [2.75, 3.05) is 6.61 Å². The van der Waals surface area contributed by atoms with Crippen LogP contribution in [0, 0.1) is 21.6 Å². The molecule has 0 aromatic rings. The van der Waals surface area contributed by atoms with Gasteiger partial charge in [-0.1, -0.05) is 32.6 Å². The van der Waals surface area contributed by atoms with Gasteiger partial charge in [-0.2, -0.15) is 0 Å². The van der Waals surface area contributed by atoms with E-state index in [1.807, 2.05) is 26.0 Å². The van der Waals surface area contributed by atoms with Gasteiger partial charge in [-0.25, -0.2) is 0 Å². The van der Waals surface area contributed by atoms with Crippen molar-refractivity contribution < 1.29 is 9.68 Å². The van der Waals surface area contributed by atoms with E-state index in [-0.39, 0.29) is 18.4 Å². The van der Waals surface area contributed by atoms with Crippen molar-refractivity contribution in [1.29, 1.82) is 0 Å². The molecule has 16 heavy (non-hydrogen) atoms. The highest BCUT2D eigenvalue weighted by Gasteiger charge is 2.13. The molecule has 0 heterocycles. The predicted molar refractivity (Wildman–Crippen MR) is 60.1 cm³/mol. The number of rotatable bonds is 9. The second kappa shape index (κ2) is 8.58. The Morgan fingerprint density at radius 2 is 1.94 bits per heavy atom. The quantitative estimate of drug-likeness (QED) is 0.345. The summed E-state index contributed by atoms with van der Waals surface area (Å²) in [5.41, 5.74) is 0. The molecule has 0 bridgehead atoms. The molecule has 0 saturated heterocycles. The Balaban J connectivity index is 4.12. The van der Waals surface area contributed by atoms with E-state index in [2.05, 4.69) is 26.9 Å². The van der Waals surface area contributed by atoms with Gasteiger partial charge in [0.2, 0.25) is 0 Å². The van der Waals surface area contributed by atoms with E-state index in [1.54, 1.807) is 0 Å². The first-order valence-corrected chi connectivity index (χ1v) is 4.89. The summed E-state index contributed by atoms with van der Waals surface area (Å²) in [6.07, 6.45) is 4.74. The van der Waals surface area contributed by atoms with E-state index in [9.17, 15) is 9.81 Å². The predicted octanol–water partition coefficient (Wildman–Crippen LogP) is 2.77. The zero-order chi connectivity index (χ0) is 12.4. The molecule has 3 atom stereocenters. The maximum Gasteiger partial charge on any atom is 0.155 e. The van der Waals surface area contributed by atoms with Gasteiger partial charge < -0.3 is 9.68 Å². The van der Waals surface area contributed by atoms with Crippen LogP contribution < -0.4 is 0 Å². The van der Waals surface area contributed by atoms with Crippen LogP contribution in [0.5, 0.6) is 0 Å². The largest absolute Gasteiger partial charge is 0.363 e. The van der Waals surface area contributed by atoms with Gasteiger partial charge in [0, 0.05) is 11.8 Å². The molecule has 0 spiro atoms. The third-order valence-corrected chi connectivity index (χ3v) is 2.05. The average Bonchev–Trinajstić information content (AvgIpc) is 2.30. The van der Waals surface area contributed by atoms with Gasteiger partial charge in [0.05, 0.1) is 0 Å². The lowest BCUT2D eigenvalue weighted by molar-refractivity contribution is 0.0649. The maximum atomic E-state index is 9.95. The maximum absolute atomic E-state index is 9.95. The molecule has 0 aliphatic rings. The summed E-state index contributed by atoms with van der Waals surface area (Å²) >= 11 is 0. The summed E-state index contributed by atoms with van der Waals surface area (Å²) in [5, 5.41) is 4.67. The van der Waals surface area contributed by atoms with Crippen molar-refractivity contribution in [3.8, 4) is 0 Å². The molecule has 6 nitrogen and oxygen atoms in total. The van der Waals surface area contributed by atoms with Crippen LogP contribution in [0.25, 0.3) is 0 Å². The van der Waals surface area contributed by atoms with Crippen LogP contribution in [0.1, 0.15) is 13.8 Å². The molecule has 90 valence electrons. The zero-order valence-electron chi connectivity index (χ0n) is 9.41. The van der Waals surface area contributed by atoms with Crippen LogP contribution in [0.4, 0.5) is 0 Å². The van der Waals surface area contributed by atoms with Crippen LogP contribution in [0.15, 0.2) is 35.5 Å². The molecular weight excluding hydrogens is 212 g/mol. The zero-order valence-corrected chi connectivity index (χ0v) is 9.41. The molecule has 6 heteroatoms. The Morgan fingerprint density at radius 1 is 1.25 bits per heavy atom. The van der Waals surface area contributed by atoms with Crippen LogP contribution in [0.2, 0.25) is 0 Å². The third-order valence-electron chi connectivity index (χ3n) is 2.05. The van der Waals surface area contributed by atoms with Crippen LogP contribution >= 0.6 is 0 Å². The molecule has 0 radical (unpaired) electrons. The second-order valence-corrected chi connectivity index (χ2v) is 3.47. The van der Waals surface area contributed by atoms with E-state index in [0.29, 0.717) is 0 Å². The van der Waals surface area contributed by atoms with Crippen molar-refractivity contribution in [2.24, 2.45) is 22.5 Å². The monoisotopic (exact) mass is 228 g/mol. The first-order valence-electron chi connectivity index (χ1n) is 4.89. The fraction of sp³-hybridized carbons (Fsp3) is 0.600. The number of nitrogens with zero attached hydrogens (tertiary/aromatic N) is 2. The lowest BCUT2D eigenvalue weighted by Gasteiger charge is -2.13. The Hall–Kier alpha value is -1.72. The van der Waals surface area contributed by atoms with Crippen molar-refractivity contribution in [2.45, 2.75) is 20.0 Å². The van der Waals surface area contributed by atoms with Gasteiger partial charge in [-0.15, -0.1) is 9.81 Å². The Morgan fingerprint density at radius 3 is 2.44 bits per heavy atom. The molecule has 0 N–H and O–H groups in total. The Labute approximate surface area is 94.2 Å². The van der Waals surface area contributed by atoms with Gasteiger partial charge in [0.1, 0.15) is 6.61 Å². The molecule has 0 rings (SSSR count). The summed E-state index contributed by atoms with van der Waals surface area (Å²) in [6, 6.07) is 0. The van der Waals surface area contributed by atoms with Gasteiger partial charge in [-0.3, -0.25) is 0 Å². The highest BCUT2D eigenvalue weighted by Crippen LogP contribution is 2.12. The minimum absolute atomic E-state index is 0.0400. The highest BCUT2D eigenvalue weighted by molar-refractivity contribution is 4.97. The van der Waals surface area contributed by atoms with E-state index in [0.717, 1.165) is 0 Å². The summed E-state index contributed by atoms with van der Waals surface area (Å²) in [6.45, 7) is 7.49. The molecule has 0 aromatic carbocycles. The van der Waals surface area contributed by atoms with Gasteiger partial charge in [-0.05, 0) is 6.08 Å². The minimum Gasteiger partial charge on any atom is -0.363 e. The second-order valence-electron chi connectivity index (χ2n) is 3.47. The van der Waals surface area contributed by atoms with E-state index < -0.39 is 6.10 Å². The lowest BCUT2D eigenvalue weighted by Crippen LogP contribution is -2.15. The fourth-order valence-electron chi connectivity index (χ4n) is 1.08. The summed E-state index contributed by atoms with van der Waals surface area (Å²) in [5.74, 6) is 0.0108. The minimum atomic E-state index is -0.453. The van der Waals surface area contributed by atoms with Crippen LogP contribution in [-0.4, -0.2) is 12.7 Å². The van der Waals surface area contributed by atoms with Crippen molar-refractivity contribution in [1.82, 2.24) is 0 Å². The smallest absolute Gasteiger partial charge is 0.155 e. The van der Waals surface area contributed by atoms with Gasteiger partial charge in [0.25, 0.3) is 0 Å². The molecule has 0 aromatic heterocycles. The molecule has 3 unspecified atom stereocenters. The van der Waals surface area contributed by atoms with Crippen molar-refractivity contribution in [3.63, 3.8) is 0 Å². The van der Waals surface area contributed by atoms with Crippen LogP contribution in [0.3, 0.4) is 0 Å². The SMILES string of the molecule is C=CC(ON=O)C(C)C=CC(C)CON=O. The normalized spacial score (nSPS) is 16.1. The average molecular weight is 228 g/mol. The van der Waals surface area contributed by atoms with Crippen LogP contribution in [-0.2, 0) is 9.68 Å². The lowest BCUT2D eigenvalue weighted by atomic mass is 10.0. The molecular formula is C10H16N2O4. The number of hydrogen-bond acceptors (Lipinski definition) is 6. The van der Waals surface area contributed by atoms with E-state index in [4.69, 9.17) is 0 Å². The molecule has 0 fully saturated rings. The Bertz CT molecular complexity index is 255. The summed E-state index contributed by atoms with van der Waals surface area (Å²) in [4.78, 5) is 28.6. The molecule has 0 saturated carbocycles. The Kier molecular flexibility index (Phi) is 7.66. The van der Waals surface area contributed by atoms with Crippen molar-refractivity contribution >= 4 is 0 Å². The summed E-state index contributed by atoms with van der Waals surface area (Å²) in [7, 11) is 0. The number of hydrogen-bond donors (Lipinski definition) is 0. The van der Waals surface area contributed by atoms with Gasteiger partial charge >= 0.3 is 0 Å². The highest BCUT2D eigenvalue weighted by atomic mass is 16.7. The topological polar surface area (TPSA) is 77.3 Å². The van der Waals surface area contributed by atoms with E-state index >= 15 is 0 Å². The standard InChI is InChI=1S/C10H16N2O4/c1-4-10(16-12-14)9(3)6-5-8(2)7-15-11-13/h4-6,8-10H,1,7H2,2-3H3. The van der Waals surface area contributed by atoms with Crippen molar-refractivity contribution in [3.05, 3.63) is 34.6 Å². The molecule has 0 aliphatic carbocycles. The summed E-state index contributed by atoms with van der Waals surface area (Å²) < 4.78 is 0. The van der Waals surface area contributed by atoms with E-state index in [1.165, 1.54) is 6.08 Å². The molecule has 0 aliphatic heterocycles. The third kappa shape index (κ3) is 5.90. The fourth-order valence-corrected chi connectivity index (χ4v) is 1.08.